The zero-order chi connectivity index (χ0) is 24.6. The van der Waals surface area contributed by atoms with E-state index in [1.165, 1.54) is 16.7 Å². The van der Waals surface area contributed by atoms with Crippen LogP contribution < -0.4 is 19.9 Å². The third kappa shape index (κ3) is 3.93. The highest BCUT2D eigenvalue weighted by Gasteiger charge is 2.61. The average molecular weight is 488 g/mol. The molecule has 35 heavy (non-hydrogen) atoms. The Hall–Kier alpha value is -3.78. The van der Waals surface area contributed by atoms with Gasteiger partial charge in [0.2, 0.25) is 16.7 Å². The number of fused-ring (bicyclic) bond motifs is 2. The summed E-state index contributed by atoms with van der Waals surface area (Å²) in [5, 5.41) is 2.91. The van der Waals surface area contributed by atoms with Crippen LogP contribution in [0.2, 0.25) is 0 Å². The van der Waals surface area contributed by atoms with Gasteiger partial charge < -0.3 is 10.1 Å². The lowest BCUT2D eigenvalue weighted by molar-refractivity contribution is -0.125. The van der Waals surface area contributed by atoms with Crippen molar-refractivity contribution in [3.05, 3.63) is 89.5 Å². The molecule has 1 spiro atoms. The minimum absolute atomic E-state index is 0.135. The molecule has 1 saturated heterocycles. The van der Waals surface area contributed by atoms with Crippen molar-refractivity contribution in [2.45, 2.75) is 18.3 Å². The monoisotopic (exact) mass is 487 g/mol. The lowest BCUT2D eigenvalue weighted by Gasteiger charge is -2.33. The molecule has 2 aliphatic rings. The first-order valence-electron chi connectivity index (χ1n) is 11.3. The number of hydrogen-bond donors (Lipinski definition) is 1. The van der Waals surface area contributed by atoms with Gasteiger partial charge in [-0.15, -0.1) is 11.8 Å². The summed E-state index contributed by atoms with van der Waals surface area (Å²) in [4.78, 5) is 41.8. The van der Waals surface area contributed by atoms with Crippen LogP contribution in [-0.4, -0.2) is 37.1 Å². The van der Waals surface area contributed by atoms with Crippen molar-refractivity contribution in [2.75, 3.05) is 29.2 Å². The molecule has 0 aromatic heterocycles. The number of thioether (sulfide) groups is 1. The molecule has 8 heteroatoms. The van der Waals surface area contributed by atoms with Crippen LogP contribution in [0.5, 0.6) is 5.75 Å². The van der Waals surface area contributed by atoms with Crippen molar-refractivity contribution in [1.29, 1.82) is 0 Å². The number of hydrogen-bond acceptors (Lipinski definition) is 5. The Bertz CT molecular complexity index is 1310. The summed E-state index contributed by atoms with van der Waals surface area (Å²) in [5.74, 6) is 0.00599. The number of amides is 3. The SMILES string of the molecule is COc1cccc(N2C(=O)CSC23C(=O)N(CC(=O)NCc2ccc(C)cc2)c2ccccc23)c1. The van der Waals surface area contributed by atoms with Crippen LogP contribution >= 0.6 is 11.8 Å². The first-order chi connectivity index (χ1) is 16.9. The molecule has 3 amide bonds. The molecule has 1 atom stereocenters. The molecule has 7 nitrogen and oxygen atoms in total. The Morgan fingerprint density at radius 2 is 1.83 bits per heavy atom. The fourth-order valence-corrected chi connectivity index (χ4v) is 5.93. The van der Waals surface area contributed by atoms with E-state index in [2.05, 4.69) is 5.32 Å². The number of anilines is 2. The smallest absolute Gasteiger partial charge is 0.269 e. The van der Waals surface area contributed by atoms with Crippen molar-refractivity contribution in [1.82, 2.24) is 5.32 Å². The summed E-state index contributed by atoms with van der Waals surface area (Å²) in [7, 11) is 1.56. The number of carbonyl (C=O) groups is 3. The van der Waals surface area contributed by atoms with Gasteiger partial charge in [0.05, 0.1) is 18.6 Å². The second-order valence-corrected chi connectivity index (χ2v) is 9.70. The number of nitrogens with one attached hydrogen (secondary N) is 1. The summed E-state index contributed by atoms with van der Waals surface area (Å²) in [6, 6.07) is 22.4. The largest absolute Gasteiger partial charge is 0.497 e. The van der Waals surface area contributed by atoms with Crippen LogP contribution in [0.3, 0.4) is 0 Å². The van der Waals surface area contributed by atoms with Gasteiger partial charge >= 0.3 is 0 Å². The van der Waals surface area contributed by atoms with E-state index in [1.54, 1.807) is 36.3 Å². The molecular weight excluding hydrogens is 462 g/mol. The number of methoxy groups -OCH3 is 1. The fraction of sp³-hybridized carbons (Fsp3) is 0.222. The molecule has 178 valence electrons. The number of carbonyl (C=O) groups excluding carboxylic acids is 3. The van der Waals surface area contributed by atoms with Crippen LogP contribution in [0, 0.1) is 6.92 Å². The maximum Gasteiger partial charge on any atom is 0.269 e. The van der Waals surface area contributed by atoms with Crippen LogP contribution in [0.4, 0.5) is 11.4 Å². The lowest BCUT2D eigenvalue weighted by Crippen LogP contribution is -2.51. The van der Waals surface area contributed by atoms with E-state index in [0.717, 1.165) is 11.1 Å². The summed E-state index contributed by atoms with van der Waals surface area (Å²) < 4.78 is 5.35. The van der Waals surface area contributed by atoms with Crippen LogP contribution in [0.25, 0.3) is 0 Å². The van der Waals surface area contributed by atoms with Crippen LogP contribution in [0.1, 0.15) is 16.7 Å². The van der Waals surface area contributed by atoms with Gasteiger partial charge in [0.1, 0.15) is 12.3 Å². The molecule has 1 N–H and O–H groups in total. The van der Waals surface area contributed by atoms with Gasteiger partial charge in [-0.25, -0.2) is 0 Å². The van der Waals surface area contributed by atoms with Crippen LogP contribution in [-0.2, 0) is 25.8 Å². The Morgan fingerprint density at radius 1 is 1.06 bits per heavy atom. The highest BCUT2D eigenvalue weighted by molar-refractivity contribution is 8.02. The van der Waals surface area contributed by atoms with E-state index in [1.807, 2.05) is 55.5 Å². The van der Waals surface area contributed by atoms with E-state index in [4.69, 9.17) is 4.74 Å². The van der Waals surface area contributed by atoms with Gasteiger partial charge in [-0.2, -0.15) is 0 Å². The highest BCUT2D eigenvalue weighted by atomic mass is 32.2. The topological polar surface area (TPSA) is 79.0 Å². The Morgan fingerprint density at radius 3 is 2.60 bits per heavy atom. The molecule has 2 aliphatic heterocycles. The number of nitrogens with zero attached hydrogens (tertiary/aromatic N) is 2. The molecule has 2 heterocycles. The second kappa shape index (κ2) is 9.11. The first kappa shape index (κ1) is 23.0. The summed E-state index contributed by atoms with van der Waals surface area (Å²) in [6.45, 7) is 2.25. The minimum Gasteiger partial charge on any atom is -0.497 e. The number of rotatable bonds is 6. The molecule has 0 saturated carbocycles. The maximum absolute atomic E-state index is 14.0. The maximum atomic E-state index is 14.0. The van der Waals surface area contributed by atoms with E-state index in [9.17, 15) is 14.4 Å². The third-order valence-electron chi connectivity index (χ3n) is 6.29. The summed E-state index contributed by atoms with van der Waals surface area (Å²) >= 11 is 1.28. The molecule has 0 bridgehead atoms. The van der Waals surface area contributed by atoms with Gasteiger partial charge in [0, 0.05) is 23.9 Å². The van der Waals surface area contributed by atoms with Gasteiger partial charge in [0.25, 0.3) is 5.91 Å². The Kier molecular flexibility index (Phi) is 5.98. The van der Waals surface area contributed by atoms with Crippen molar-refractivity contribution in [3.8, 4) is 5.75 Å². The highest BCUT2D eigenvalue weighted by Crippen LogP contribution is 2.55. The molecule has 1 fully saturated rings. The number of para-hydroxylation sites is 1. The standard InChI is InChI=1S/C27H25N3O4S/c1-18-10-12-19(13-11-18)15-28-24(31)16-29-23-9-4-3-8-22(23)27(26(29)33)30(25(32)17-35-27)20-6-5-7-21(14-20)34-2/h3-14H,15-17H2,1-2H3,(H,28,31). The fourth-order valence-electron chi connectivity index (χ4n) is 4.57. The van der Waals surface area contributed by atoms with Gasteiger partial charge in [0.15, 0.2) is 0 Å². The molecule has 3 aromatic rings. The molecule has 0 aliphatic carbocycles. The van der Waals surface area contributed by atoms with Crippen molar-refractivity contribution in [2.24, 2.45) is 0 Å². The Balaban J connectivity index is 1.45. The van der Waals surface area contributed by atoms with E-state index in [0.29, 0.717) is 29.2 Å². The number of benzene rings is 3. The molecule has 5 rings (SSSR count). The molecule has 0 radical (unpaired) electrons. The summed E-state index contributed by atoms with van der Waals surface area (Å²) in [5.41, 5.74) is 4.05. The van der Waals surface area contributed by atoms with E-state index in [-0.39, 0.29) is 30.0 Å². The average Bonchev–Trinajstić information content (AvgIpc) is 3.34. The van der Waals surface area contributed by atoms with E-state index < -0.39 is 4.87 Å². The predicted molar refractivity (Wildman–Crippen MR) is 136 cm³/mol. The van der Waals surface area contributed by atoms with Gasteiger partial charge in [-0.05, 0) is 30.7 Å². The van der Waals surface area contributed by atoms with Gasteiger partial charge in [-0.1, -0.05) is 54.1 Å². The second-order valence-electron chi connectivity index (χ2n) is 8.53. The number of ether oxygens (including phenoxy) is 1. The predicted octanol–water partition coefficient (Wildman–Crippen LogP) is 3.60. The molecule has 1 unspecified atom stereocenters. The quantitative estimate of drug-likeness (QED) is 0.575. The van der Waals surface area contributed by atoms with E-state index >= 15 is 0 Å². The summed E-state index contributed by atoms with van der Waals surface area (Å²) in [6.07, 6.45) is 0. The minimum atomic E-state index is -1.27. The lowest BCUT2D eigenvalue weighted by atomic mass is 10.0. The zero-order valence-electron chi connectivity index (χ0n) is 19.5. The number of aryl methyl sites for hydroxylation is 1. The molecular formula is C27H25N3O4S. The van der Waals surface area contributed by atoms with Crippen molar-refractivity contribution < 1.29 is 19.1 Å². The van der Waals surface area contributed by atoms with Crippen molar-refractivity contribution >= 4 is 40.9 Å². The van der Waals surface area contributed by atoms with Crippen LogP contribution in [0.15, 0.2) is 72.8 Å². The van der Waals surface area contributed by atoms with Crippen molar-refractivity contribution in [3.63, 3.8) is 0 Å². The first-order valence-corrected chi connectivity index (χ1v) is 12.3. The normalized spacial score (nSPS) is 18.8. The van der Waals surface area contributed by atoms with Gasteiger partial charge in [-0.3, -0.25) is 24.2 Å². The zero-order valence-corrected chi connectivity index (χ0v) is 20.3. The third-order valence-corrected chi connectivity index (χ3v) is 7.67. The molecule has 3 aromatic carbocycles. The Labute approximate surface area is 208 Å².